The highest BCUT2D eigenvalue weighted by molar-refractivity contribution is 7.98. The smallest absolute Gasteiger partial charge is 0.320 e. The van der Waals surface area contributed by atoms with Crippen molar-refractivity contribution in [2.24, 2.45) is 0 Å². The van der Waals surface area contributed by atoms with Gasteiger partial charge in [0.15, 0.2) is 0 Å². The molecule has 118 valence electrons. The molecule has 2 N–H and O–H groups in total. The van der Waals surface area contributed by atoms with E-state index in [4.69, 9.17) is 4.74 Å². The number of nitrogens with one attached hydrogen (secondary N) is 1. The molecule has 0 radical (unpaired) electrons. The van der Waals surface area contributed by atoms with Crippen LogP contribution in [0.4, 0.5) is 0 Å². The van der Waals surface area contributed by atoms with Gasteiger partial charge in [-0.3, -0.25) is 4.79 Å². The number of carboxylic acid groups (broad SMARTS) is 1. The average Bonchev–Trinajstić information content (AvgIpc) is 2.54. The fourth-order valence-electron chi connectivity index (χ4n) is 2.46. The maximum absolute atomic E-state index is 11.3. The first-order valence-electron chi connectivity index (χ1n) is 7.17. The molecule has 0 aromatic heterocycles. The van der Waals surface area contributed by atoms with Gasteiger partial charge in [0.25, 0.3) is 0 Å². The first-order chi connectivity index (χ1) is 10.7. The summed E-state index contributed by atoms with van der Waals surface area (Å²) >= 11 is 1.65. The number of hydrogen-bond donors (Lipinski definition) is 2. The molecule has 0 bridgehead atoms. The molecule has 2 rings (SSSR count). The van der Waals surface area contributed by atoms with E-state index in [1.54, 1.807) is 18.9 Å². The van der Waals surface area contributed by atoms with Gasteiger partial charge in [0.1, 0.15) is 11.8 Å². The Hall–Kier alpha value is -1.72. The molecule has 0 saturated heterocycles. The highest BCUT2D eigenvalue weighted by Crippen LogP contribution is 2.28. The van der Waals surface area contributed by atoms with Gasteiger partial charge in [-0.05, 0) is 35.3 Å². The van der Waals surface area contributed by atoms with Gasteiger partial charge in [0, 0.05) is 12.1 Å². The van der Waals surface area contributed by atoms with Crippen LogP contribution in [0.3, 0.4) is 0 Å². The Kier molecular flexibility index (Phi) is 6.10. The Morgan fingerprint density at radius 3 is 2.77 bits per heavy atom. The van der Waals surface area contributed by atoms with E-state index in [2.05, 4.69) is 5.32 Å². The van der Waals surface area contributed by atoms with E-state index in [-0.39, 0.29) is 0 Å². The molecule has 22 heavy (non-hydrogen) atoms. The number of carboxylic acids is 1. The molecule has 1 unspecified atom stereocenters. The summed E-state index contributed by atoms with van der Waals surface area (Å²) in [6.45, 7) is 0.468. The van der Waals surface area contributed by atoms with Gasteiger partial charge in [-0.2, -0.15) is 11.8 Å². The van der Waals surface area contributed by atoms with Crippen LogP contribution in [-0.4, -0.2) is 36.2 Å². The Labute approximate surface area is 134 Å². The van der Waals surface area contributed by atoms with Crippen molar-refractivity contribution in [3.8, 4) is 5.75 Å². The second kappa shape index (κ2) is 8.06. The topological polar surface area (TPSA) is 58.6 Å². The van der Waals surface area contributed by atoms with Crippen molar-refractivity contribution in [2.45, 2.75) is 19.0 Å². The predicted octanol–water partition coefficient (Wildman–Crippen LogP) is 3.14. The fourth-order valence-corrected chi connectivity index (χ4v) is 2.93. The van der Waals surface area contributed by atoms with Crippen molar-refractivity contribution in [1.82, 2.24) is 5.32 Å². The van der Waals surface area contributed by atoms with Crippen molar-refractivity contribution < 1.29 is 14.6 Å². The summed E-state index contributed by atoms with van der Waals surface area (Å²) in [4.78, 5) is 11.3. The van der Waals surface area contributed by atoms with Crippen molar-refractivity contribution in [2.75, 3.05) is 19.1 Å². The second-order valence-corrected chi connectivity index (χ2v) is 6.01. The number of hydrogen-bond acceptors (Lipinski definition) is 4. The Bertz CT molecular complexity index is 645. The molecule has 0 amide bonds. The number of thioether (sulfide) groups is 1. The van der Waals surface area contributed by atoms with Crippen LogP contribution in [0.5, 0.6) is 5.75 Å². The Morgan fingerprint density at radius 1 is 1.32 bits per heavy atom. The molecule has 0 aliphatic carbocycles. The summed E-state index contributed by atoms with van der Waals surface area (Å²) in [5.41, 5.74) is 0.996. The molecule has 5 heteroatoms. The normalized spacial score (nSPS) is 12.3. The number of aliphatic carboxylic acids is 1. The van der Waals surface area contributed by atoms with Gasteiger partial charge in [0.2, 0.25) is 0 Å². The maximum Gasteiger partial charge on any atom is 0.320 e. The molecule has 0 heterocycles. The van der Waals surface area contributed by atoms with Crippen LogP contribution in [0.15, 0.2) is 36.4 Å². The monoisotopic (exact) mass is 319 g/mol. The van der Waals surface area contributed by atoms with Gasteiger partial charge >= 0.3 is 5.97 Å². The van der Waals surface area contributed by atoms with E-state index < -0.39 is 12.0 Å². The Balaban J connectivity index is 2.24. The standard InChI is InChI=1S/C17H21NO3S/c1-21-16-8-7-12-5-3-4-6-13(12)14(16)11-18-15(17(19)20)9-10-22-2/h3-8,15,18H,9-11H2,1-2H3,(H,19,20). The molecule has 4 nitrogen and oxygen atoms in total. The minimum atomic E-state index is -0.812. The van der Waals surface area contributed by atoms with Crippen molar-refractivity contribution in [3.63, 3.8) is 0 Å². The molecular formula is C17H21NO3S. The third-order valence-electron chi connectivity index (χ3n) is 3.65. The zero-order valence-corrected chi connectivity index (χ0v) is 13.7. The van der Waals surface area contributed by atoms with Gasteiger partial charge in [-0.25, -0.2) is 0 Å². The van der Waals surface area contributed by atoms with Crippen LogP contribution in [0.1, 0.15) is 12.0 Å². The predicted molar refractivity (Wildman–Crippen MR) is 91.8 cm³/mol. The van der Waals surface area contributed by atoms with Gasteiger partial charge in [-0.15, -0.1) is 0 Å². The zero-order chi connectivity index (χ0) is 15.9. The van der Waals surface area contributed by atoms with Crippen molar-refractivity contribution in [3.05, 3.63) is 42.0 Å². The van der Waals surface area contributed by atoms with Crippen LogP contribution in [-0.2, 0) is 11.3 Å². The van der Waals surface area contributed by atoms with Gasteiger partial charge in [-0.1, -0.05) is 30.3 Å². The summed E-state index contributed by atoms with van der Waals surface area (Å²) in [6, 6.07) is 11.4. The largest absolute Gasteiger partial charge is 0.496 e. The molecular weight excluding hydrogens is 298 g/mol. The number of fused-ring (bicyclic) bond motifs is 1. The van der Waals surface area contributed by atoms with Crippen LogP contribution in [0.2, 0.25) is 0 Å². The number of benzene rings is 2. The van der Waals surface area contributed by atoms with Crippen LogP contribution in [0, 0.1) is 0 Å². The van der Waals surface area contributed by atoms with E-state index in [1.165, 1.54) is 0 Å². The number of rotatable bonds is 8. The summed E-state index contributed by atoms with van der Waals surface area (Å²) in [7, 11) is 1.63. The lowest BCUT2D eigenvalue weighted by molar-refractivity contribution is -0.139. The first-order valence-corrected chi connectivity index (χ1v) is 8.56. The van der Waals surface area contributed by atoms with E-state index in [0.717, 1.165) is 27.8 Å². The maximum atomic E-state index is 11.3. The van der Waals surface area contributed by atoms with Gasteiger partial charge < -0.3 is 15.2 Å². The number of carbonyl (C=O) groups is 1. The van der Waals surface area contributed by atoms with Crippen LogP contribution < -0.4 is 10.1 Å². The van der Waals surface area contributed by atoms with E-state index in [9.17, 15) is 9.90 Å². The summed E-state index contributed by atoms with van der Waals surface area (Å²) < 4.78 is 5.44. The van der Waals surface area contributed by atoms with Crippen LogP contribution >= 0.6 is 11.8 Å². The molecule has 2 aromatic rings. The fraction of sp³-hybridized carbons (Fsp3) is 0.353. The molecule has 0 spiro atoms. The van der Waals surface area contributed by atoms with E-state index in [1.807, 2.05) is 42.7 Å². The molecule has 0 fully saturated rings. The second-order valence-electron chi connectivity index (χ2n) is 5.02. The highest BCUT2D eigenvalue weighted by Gasteiger charge is 2.17. The third kappa shape index (κ3) is 3.93. The third-order valence-corrected chi connectivity index (χ3v) is 4.30. The average molecular weight is 319 g/mol. The molecule has 2 aromatic carbocycles. The quantitative estimate of drug-likeness (QED) is 0.783. The summed E-state index contributed by atoms with van der Waals surface area (Å²) in [5, 5.41) is 14.7. The first kappa shape index (κ1) is 16.6. The Morgan fingerprint density at radius 2 is 2.09 bits per heavy atom. The minimum Gasteiger partial charge on any atom is -0.496 e. The lowest BCUT2D eigenvalue weighted by Crippen LogP contribution is -2.36. The van der Waals surface area contributed by atoms with E-state index >= 15 is 0 Å². The lowest BCUT2D eigenvalue weighted by Gasteiger charge is -2.17. The summed E-state index contributed by atoms with van der Waals surface area (Å²) in [6.07, 6.45) is 2.58. The van der Waals surface area contributed by atoms with Crippen molar-refractivity contribution in [1.29, 1.82) is 0 Å². The molecule has 0 aliphatic rings. The number of ether oxygens (including phenoxy) is 1. The molecule has 0 aliphatic heterocycles. The number of methoxy groups -OCH3 is 1. The van der Waals surface area contributed by atoms with Crippen LogP contribution in [0.25, 0.3) is 10.8 Å². The lowest BCUT2D eigenvalue weighted by atomic mass is 10.0. The summed E-state index contributed by atoms with van der Waals surface area (Å²) in [5.74, 6) is 0.782. The zero-order valence-electron chi connectivity index (χ0n) is 12.8. The SMILES string of the molecule is COc1ccc2ccccc2c1CNC(CCSC)C(=O)O. The highest BCUT2D eigenvalue weighted by atomic mass is 32.2. The van der Waals surface area contributed by atoms with Crippen molar-refractivity contribution >= 4 is 28.5 Å². The molecule has 0 saturated carbocycles. The van der Waals surface area contributed by atoms with E-state index in [0.29, 0.717) is 13.0 Å². The minimum absolute atomic E-state index is 0.468. The molecule has 1 atom stereocenters. The van der Waals surface area contributed by atoms with Gasteiger partial charge in [0.05, 0.1) is 7.11 Å².